The zero-order valence-corrected chi connectivity index (χ0v) is 20.6. The second kappa shape index (κ2) is 11.8. The van der Waals surface area contributed by atoms with E-state index in [2.05, 4.69) is 10.1 Å². The van der Waals surface area contributed by atoms with Gasteiger partial charge in [0.15, 0.2) is 6.73 Å². The lowest BCUT2D eigenvalue weighted by Gasteiger charge is -2.31. The number of carbonyl (C=O) groups is 3. The Morgan fingerprint density at radius 2 is 1.97 bits per heavy atom. The second-order valence-corrected chi connectivity index (χ2v) is 10.3. The largest absolute Gasteiger partial charge is 0.517 e. The van der Waals surface area contributed by atoms with Crippen LogP contribution in [0.5, 0.6) is 0 Å². The molecule has 1 aromatic carbocycles. The first-order valence-corrected chi connectivity index (χ1v) is 13.0. The van der Waals surface area contributed by atoms with Crippen molar-refractivity contribution in [2.75, 3.05) is 24.2 Å². The van der Waals surface area contributed by atoms with E-state index in [1.807, 2.05) is 0 Å². The van der Waals surface area contributed by atoms with Crippen LogP contribution in [0.4, 0.5) is 14.9 Å². The lowest BCUT2D eigenvalue weighted by Crippen LogP contribution is -2.44. The van der Waals surface area contributed by atoms with Gasteiger partial charge in [-0.15, -0.1) is 0 Å². The number of sulfonamides is 1. The Morgan fingerprint density at radius 1 is 1.20 bits per heavy atom. The molecule has 1 aliphatic heterocycles. The maximum Gasteiger partial charge on any atom is 0.517 e. The summed E-state index contributed by atoms with van der Waals surface area (Å²) in [4.78, 5) is 36.6. The predicted octanol–water partition coefficient (Wildman–Crippen LogP) is 3.05. The molecule has 10 nitrogen and oxygen atoms in total. The molecule has 2 aliphatic rings. The molecule has 192 valence electrons. The minimum Gasteiger partial charge on any atom is -0.463 e. The quantitative estimate of drug-likeness (QED) is 0.305. The Bertz CT molecular complexity index is 1100. The number of carbonyl (C=O) groups excluding carboxylic acids is 3. The molecule has 0 spiro atoms. The number of hydrogen-bond donors (Lipinski definition) is 1. The first kappa shape index (κ1) is 26.9. The summed E-state index contributed by atoms with van der Waals surface area (Å²) in [5.41, 5.74) is -0.232. The van der Waals surface area contributed by atoms with Gasteiger partial charge in [0.2, 0.25) is 10.0 Å². The zero-order chi connectivity index (χ0) is 25.6. The smallest absolute Gasteiger partial charge is 0.463 e. The van der Waals surface area contributed by atoms with Crippen LogP contribution in [-0.2, 0) is 33.8 Å². The number of esters is 2. The molecule has 2 atom stereocenters. The van der Waals surface area contributed by atoms with Crippen molar-refractivity contribution < 1.29 is 41.4 Å². The molecule has 35 heavy (non-hydrogen) atoms. The Kier molecular flexibility index (Phi) is 9.09. The summed E-state index contributed by atoms with van der Waals surface area (Å²) in [5, 5.41) is 1.28. The van der Waals surface area contributed by atoms with E-state index in [0.717, 1.165) is 24.6 Å². The third kappa shape index (κ3) is 6.50. The fourth-order valence-corrected chi connectivity index (χ4v) is 6.12. The first-order chi connectivity index (χ1) is 16.6. The molecule has 1 aromatic rings. The van der Waals surface area contributed by atoms with Crippen LogP contribution in [-0.4, -0.2) is 57.7 Å². The van der Waals surface area contributed by atoms with E-state index < -0.39 is 52.0 Å². The number of nitrogens with one attached hydrogen (secondary N) is 1. The van der Waals surface area contributed by atoms with E-state index in [1.54, 1.807) is 6.92 Å². The van der Waals surface area contributed by atoms with Gasteiger partial charge >= 0.3 is 18.1 Å². The molecule has 3 rings (SSSR count). The van der Waals surface area contributed by atoms with Gasteiger partial charge in [0, 0.05) is 0 Å². The van der Waals surface area contributed by atoms with Crippen LogP contribution in [0, 0.1) is 5.82 Å². The number of rotatable bonds is 8. The molecule has 1 unspecified atom stereocenters. The molecule has 13 heteroatoms. The molecule has 0 aromatic heterocycles. The molecule has 0 bridgehead atoms. The Balaban J connectivity index is 1.87. The summed E-state index contributed by atoms with van der Waals surface area (Å²) in [6, 6.07) is 2.33. The fraction of sp³-hybridized carbons (Fsp3) is 0.500. The molecule has 1 N–H and O–H groups in total. The third-order valence-corrected chi connectivity index (χ3v) is 7.99. The van der Waals surface area contributed by atoms with Crippen molar-refractivity contribution in [3.05, 3.63) is 40.7 Å². The van der Waals surface area contributed by atoms with Gasteiger partial charge in [-0.05, 0) is 63.8 Å². The number of ether oxygens (including phenoxy) is 3. The Hall–Kier alpha value is -2.70. The minimum absolute atomic E-state index is 0.0496. The molecule has 0 radical (unpaired) electrons. The number of benzene rings is 1. The van der Waals surface area contributed by atoms with Crippen molar-refractivity contribution in [3.63, 3.8) is 0 Å². The summed E-state index contributed by atoms with van der Waals surface area (Å²) in [6.07, 6.45) is 2.37. The molecule has 0 saturated carbocycles. The molecule has 1 aliphatic carbocycles. The van der Waals surface area contributed by atoms with E-state index in [9.17, 15) is 27.2 Å². The van der Waals surface area contributed by atoms with Gasteiger partial charge in [0.05, 0.1) is 22.9 Å². The predicted molar refractivity (Wildman–Crippen MR) is 124 cm³/mol. The maximum atomic E-state index is 13.7. The summed E-state index contributed by atoms with van der Waals surface area (Å²) < 4.78 is 56.3. The molecule has 1 saturated heterocycles. The van der Waals surface area contributed by atoms with E-state index >= 15 is 0 Å². The van der Waals surface area contributed by atoms with E-state index in [0.29, 0.717) is 30.1 Å². The Labute approximate surface area is 207 Å². The average molecular weight is 533 g/mol. The molecule has 0 amide bonds. The summed E-state index contributed by atoms with van der Waals surface area (Å²) in [5.74, 6) is -2.33. The fourth-order valence-electron chi connectivity index (χ4n) is 3.88. The van der Waals surface area contributed by atoms with Crippen LogP contribution in [0.15, 0.2) is 29.8 Å². The number of anilines is 1. The number of nitrogens with zero attached hydrogens (tertiary/aromatic N) is 1. The van der Waals surface area contributed by atoms with Crippen LogP contribution in [0.25, 0.3) is 0 Å². The van der Waals surface area contributed by atoms with Crippen molar-refractivity contribution in [2.24, 2.45) is 0 Å². The van der Waals surface area contributed by atoms with Crippen molar-refractivity contribution in [1.82, 2.24) is 5.32 Å². The molecule has 1 heterocycles. The van der Waals surface area contributed by atoms with Crippen molar-refractivity contribution in [3.8, 4) is 0 Å². The first-order valence-electron chi connectivity index (χ1n) is 11.1. The third-order valence-electron chi connectivity index (χ3n) is 5.57. The van der Waals surface area contributed by atoms with Crippen LogP contribution in [0.2, 0.25) is 5.02 Å². The average Bonchev–Trinajstić information content (AvgIpc) is 3.36. The highest BCUT2D eigenvalue weighted by Gasteiger charge is 2.40. The highest BCUT2D eigenvalue weighted by molar-refractivity contribution is 7.93. The lowest BCUT2D eigenvalue weighted by molar-refractivity contribution is -0.142. The summed E-state index contributed by atoms with van der Waals surface area (Å²) >= 11 is 6.12. The maximum absolute atomic E-state index is 13.7. The molecular formula is C22H26ClFN2O8S. The Morgan fingerprint density at radius 3 is 2.63 bits per heavy atom. The normalized spacial score (nSPS) is 20.0. The van der Waals surface area contributed by atoms with Gasteiger partial charge in [0.1, 0.15) is 17.1 Å². The summed E-state index contributed by atoms with van der Waals surface area (Å²) in [7, 11) is -4.44. The van der Waals surface area contributed by atoms with Crippen LogP contribution < -0.4 is 9.62 Å². The van der Waals surface area contributed by atoms with Crippen LogP contribution in [0.1, 0.15) is 39.0 Å². The van der Waals surface area contributed by atoms with E-state index in [4.69, 9.17) is 21.1 Å². The van der Waals surface area contributed by atoms with E-state index in [-0.39, 0.29) is 29.3 Å². The standard InChI is InChI=1S/C22H26ClFN2O8S/c1-2-32-20(27)15-6-3-4-8-19(15)35(30,31)26(18-10-9-14(24)12-16(18)23)13-33-22(29)34-21(28)17-7-5-11-25-17/h6,9-10,12,17,19,25H,2-5,7-8,11,13H2,1H3/t17-,19?/m0/s1. The number of hydrogen-bond acceptors (Lipinski definition) is 9. The lowest BCUT2D eigenvalue weighted by atomic mass is 9.99. The van der Waals surface area contributed by atoms with Gasteiger partial charge in [-0.3, -0.25) is 0 Å². The zero-order valence-electron chi connectivity index (χ0n) is 19.0. The number of allylic oxidation sites excluding steroid dienone is 1. The summed E-state index contributed by atoms with van der Waals surface area (Å²) in [6.45, 7) is 1.32. The van der Waals surface area contributed by atoms with E-state index in [1.165, 1.54) is 6.08 Å². The van der Waals surface area contributed by atoms with Crippen LogP contribution in [0.3, 0.4) is 0 Å². The highest BCUT2D eigenvalue weighted by Crippen LogP contribution is 2.34. The monoisotopic (exact) mass is 532 g/mol. The van der Waals surface area contributed by atoms with Crippen molar-refractivity contribution in [2.45, 2.75) is 50.3 Å². The number of halogens is 2. The van der Waals surface area contributed by atoms with Crippen molar-refractivity contribution >= 4 is 45.4 Å². The SMILES string of the molecule is CCOC(=O)C1=CCCCC1S(=O)(=O)N(COC(=O)OC(=O)[C@@H]1CCCN1)c1ccc(F)cc1Cl. The van der Waals surface area contributed by atoms with Gasteiger partial charge in [-0.25, -0.2) is 31.5 Å². The van der Waals surface area contributed by atoms with Crippen LogP contribution >= 0.6 is 11.6 Å². The van der Waals surface area contributed by atoms with Gasteiger partial charge in [-0.1, -0.05) is 17.7 Å². The van der Waals surface area contributed by atoms with Gasteiger partial charge in [-0.2, -0.15) is 0 Å². The molecule has 1 fully saturated rings. The van der Waals surface area contributed by atoms with Crippen molar-refractivity contribution in [1.29, 1.82) is 0 Å². The van der Waals surface area contributed by atoms with Gasteiger partial charge < -0.3 is 19.5 Å². The topological polar surface area (TPSA) is 128 Å². The second-order valence-electron chi connectivity index (χ2n) is 7.88. The van der Waals surface area contributed by atoms with Gasteiger partial charge in [0.25, 0.3) is 0 Å². The minimum atomic E-state index is -4.44. The highest BCUT2D eigenvalue weighted by atomic mass is 35.5. The molecular weight excluding hydrogens is 507 g/mol.